The first-order valence-electron chi connectivity index (χ1n) is 11.5. The number of carbonyl (C=O) groups excluding carboxylic acids is 3. The van der Waals surface area contributed by atoms with Crippen molar-refractivity contribution in [1.29, 1.82) is 0 Å². The van der Waals surface area contributed by atoms with E-state index < -0.39 is 6.04 Å². The first-order chi connectivity index (χ1) is 15.5. The SMILES string of the molecule is Cc1ccc(NC(=O)[C@H](Cc2ccccc2)N2C(=O)[C@H]3[C@@H]4C=C[C@H]([C@H]5C[C@H]45)[C@@H]3C2=O)cc1. The highest BCUT2D eigenvalue weighted by Gasteiger charge is 2.67. The van der Waals surface area contributed by atoms with E-state index in [4.69, 9.17) is 0 Å². The van der Waals surface area contributed by atoms with Crippen LogP contribution in [0, 0.1) is 42.4 Å². The third kappa shape index (κ3) is 2.94. The highest BCUT2D eigenvalue weighted by Crippen LogP contribution is 2.65. The van der Waals surface area contributed by atoms with Gasteiger partial charge in [0, 0.05) is 12.1 Å². The van der Waals surface area contributed by atoms with Crippen LogP contribution in [0.2, 0.25) is 0 Å². The number of aryl methyl sites for hydroxylation is 1. The molecule has 2 aromatic rings. The molecule has 1 aliphatic heterocycles. The number of benzene rings is 2. The Bertz CT molecular complexity index is 1090. The molecule has 0 spiro atoms. The lowest BCUT2D eigenvalue weighted by Gasteiger charge is -2.37. The fourth-order valence-corrected chi connectivity index (χ4v) is 6.29. The summed E-state index contributed by atoms with van der Waals surface area (Å²) in [7, 11) is 0. The van der Waals surface area contributed by atoms with Crippen molar-refractivity contribution in [2.75, 3.05) is 5.32 Å². The lowest BCUT2D eigenvalue weighted by molar-refractivity contribution is -0.146. The fraction of sp³-hybridized carbons (Fsp3) is 0.370. The number of nitrogens with zero attached hydrogens (tertiary/aromatic N) is 1. The summed E-state index contributed by atoms with van der Waals surface area (Å²) in [4.78, 5) is 42.0. The van der Waals surface area contributed by atoms with E-state index in [1.807, 2.05) is 61.5 Å². The van der Waals surface area contributed by atoms with Crippen molar-refractivity contribution in [3.63, 3.8) is 0 Å². The van der Waals surface area contributed by atoms with E-state index in [1.165, 1.54) is 4.90 Å². The molecule has 0 aromatic heterocycles. The van der Waals surface area contributed by atoms with E-state index in [0.29, 0.717) is 23.9 Å². The molecule has 7 rings (SSSR count). The molecule has 0 radical (unpaired) electrons. The van der Waals surface area contributed by atoms with Crippen LogP contribution in [0.25, 0.3) is 0 Å². The molecule has 1 saturated heterocycles. The standard InChI is InChI=1S/C27H26N2O3/c1-15-7-9-17(10-8-15)28-25(30)22(13-16-5-3-2-4-6-16)29-26(31)23-18-11-12-19(21-14-20(18)21)24(23)27(29)32/h2-12,18-24H,13-14H2,1H3,(H,28,30)/t18-,19-,20-,21-,22+,23+,24+/m1/s1. The molecule has 7 atom stereocenters. The Balaban J connectivity index is 1.33. The zero-order valence-corrected chi connectivity index (χ0v) is 18.0. The van der Waals surface area contributed by atoms with E-state index in [-0.39, 0.29) is 41.4 Å². The molecule has 0 unspecified atom stereocenters. The van der Waals surface area contributed by atoms with Gasteiger partial charge in [0.1, 0.15) is 6.04 Å². The average molecular weight is 427 g/mol. The lowest BCUT2D eigenvalue weighted by atomic mass is 9.63. The third-order valence-electron chi connectivity index (χ3n) is 7.90. The van der Waals surface area contributed by atoms with Gasteiger partial charge in [0.25, 0.3) is 0 Å². The Morgan fingerprint density at radius 3 is 2.12 bits per heavy atom. The summed E-state index contributed by atoms with van der Waals surface area (Å²) in [6, 6.07) is 16.3. The van der Waals surface area contributed by atoms with Crippen molar-refractivity contribution in [2.45, 2.75) is 25.8 Å². The van der Waals surface area contributed by atoms with Crippen molar-refractivity contribution in [3.8, 4) is 0 Å². The smallest absolute Gasteiger partial charge is 0.248 e. The zero-order chi connectivity index (χ0) is 22.0. The minimum atomic E-state index is -0.861. The van der Waals surface area contributed by atoms with Crippen LogP contribution in [0.5, 0.6) is 0 Å². The van der Waals surface area contributed by atoms with Gasteiger partial charge in [0.2, 0.25) is 17.7 Å². The van der Waals surface area contributed by atoms with Crippen LogP contribution in [0.1, 0.15) is 17.5 Å². The number of amides is 3. The molecule has 5 nitrogen and oxygen atoms in total. The third-order valence-corrected chi connectivity index (χ3v) is 7.90. The number of likely N-dealkylation sites (tertiary alicyclic amines) is 1. The minimum absolute atomic E-state index is 0.147. The molecule has 3 fully saturated rings. The Morgan fingerprint density at radius 1 is 0.938 bits per heavy atom. The largest absolute Gasteiger partial charge is 0.324 e. The van der Waals surface area contributed by atoms with Gasteiger partial charge in [-0.1, -0.05) is 60.2 Å². The minimum Gasteiger partial charge on any atom is -0.324 e. The Labute approximate surface area is 187 Å². The van der Waals surface area contributed by atoms with Crippen molar-refractivity contribution in [2.24, 2.45) is 35.5 Å². The monoisotopic (exact) mass is 426 g/mol. The van der Waals surface area contributed by atoms with Crippen molar-refractivity contribution < 1.29 is 14.4 Å². The van der Waals surface area contributed by atoms with Crippen LogP contribution >= 0.6 is 0 Å². The molecule has 1 N–H and O–H groups in total. The van der Waals surface area contributed by atoms with E-state index in [9.17, 15) is 14.4 Å². The first kappa shape index (κ1) is 19.5. The number of anilines is 1. The molecular formula is C27H26N2O3. The quantitative estimate of drug-likeness (QED) is 0.587. The highest BCUT2D eigenvalue weighted by atomic mass is 16.2. The second kappa shape index (κ2) is 7.16. The van der Waals surface area contributed by atoms with Crippen LogP contribution in [-0.2, 0) is 20.8 Å². The van der Waals surface area contributed by atoms with E-state index in [1.54, 1.807) is 0 Å². The lowest BCUT2D eigenvalue weighted by Crippen LogP contribution is -2.49. The van der Waals surface area contributed by atoms with Crippen molar-refractivity contribution in [1.82, 2.24) is 4.90 Å². The summed E-state index contributed by atoms with van der Waals surface area (Å²) < 4.78 is 0. The summed E-state index contributed by atoms with van der Waals surface area (Å²) in [6.45, 7) is 1.99. The predicted molar refractivity (Wildman–Crippen MR) is 120 cm³/mol. The maximum absolute atomic E-state index is 13.6. The van der Waals surface area contributed by atoms with Crippen LogP contribution in [-0.4, -0.2) is 28.7 Å². The van der Waals surface area contributed by atoms with Gasteiger partial charge in [0.05, 0.1) is 11.8 Å². The first-order valence-corrected chi connectivity index (χ1v) is 11.5. The summed E-state index contributed by atoms with van der Waals surface area (Å²) in [6.07, 6.45) is 5.75. The molecule has 2 bridgehead atoms. The van der Waals surface area contributed by atoms with Crippen molar-refractivity contribution >= 4 is 23.4 Å². The Morgan fingerprint density at radius 2 is 1.53 bits per heavy atom. The van der Waals surface area contributed by atoms with Gasteiger partial charge in [-0.25, -0.2) is 0 Å². The van der Waals surface area contributed by atoms with Gasteiger partial charge in [-0.05, 0) is 54.7 Å². The number of allylic oxidation sites excluding steroid dienone is 2. The fourth-order valence-electron chi connectivity index (χ4n) is 6.29. The second-order valence-corrected chi connectivity index (χ2v) is 9.76. The van der Waals surface area contributed by atoms with Crippen LogP contribution in [0.3, 0.4) is 0 Å². The van der Waals surface area contributed by atoms with Gasteiger partial charge in [-0.3, -0.25) is 19.3 Å². The van der Waals surface area contributed by atoms with Crippen LogP contribution < -0.4 is 5.32 Å². The van der Waals surface area contributed by atoms with Gasteiger partial charge in [-0.15, -0.1) is 0 Å². The van der Waals surface area contributed by atoms with Crippen LogP contribution in [0.15, 0.2) is 66.7 Å². The van der Waals surface area contributed by atoms with Crippen LogP contribution in [0.4, 0.5) is 5.69 Å². The molecule has 32 heavy (non-hydrogen) atoms. The van der Waals surface area contributed by atoms with E-state index in [2.05, 4.69) is 17.5 Å². The molecule has 5 aliphatic rings. The summed E-state index contributed by atoms with van der Waals surface area (Å²) in [5, 5.41) is 2.94. The summed E-state index contributed by atoms with van der Waals surface area (Å²) >= 11 is 0. The van der Waals surface area contributed by atoms with E-state index >= 15 is 0 Å². The summed E-state index contributed by atoms with van der Waals surface area (Å²) in [5.41, 5.74) is 2.69. The molecule has 1 heterocycles. The Kier molecular flexibility index (Phi) is 4.36. The molecule has 5 heteroatoms. The average Bonchev–Trinajstić information content (AvgIpc) is 3.58. The summed E-state index contributed by atoms with van der Waals surface area (Å²) in [5.74, 6) is 0.132. The maximum Gasteiger partial charge on any atom is 0.248 e. The van der Waals surface area contributed by atoms with Crippen molar-refractivity contribution in [3.05, 3.63) is 77.9 Å². The number of nitrogens with one attached hydrogen (secondary N) is 1. The number of imide groups is 1. The Hall–Kier alpha value is -3.21. The molecule has 2 saturated carbocycles. The molecule has 3 amide bonds. The molecule has 2 aromatic carbocycles. The zero-order valence-electron chi connectivity index (χ0n) is 18.0. The number of rotatable bonds is 5. The normalized spacial score (nSPS) is 32.5. The predicted octanol–water partition coefficient (Wildman–Crippen LogP) is 3.60. The maximum atomic E-state index is 13.6. The molecule has 4 aliphatic carbocycles. The topological polar surface area (TPSA) is 66.5 Å². The van der Waals surface area contributed by atoms with Gasteiger partial charge >= 0.3 is 0 Å². The highest BCUT2D eigenvalue weighted by molar-refractivity contribution is 6.10. The molecule has 162 valence electrons. The number of hydrogen-bond acceptors (Lipinski definition) is 3. The van der Waals surface area contributed by atoms with Gasteiger partial charge < -0.3 is 5.32 Å². The van der Waals surface area contributed by atoms with Gasteiger partial charge in [0.15, 0.2) is 0 Å². The van der Waals surface area contributed by atoms with E-state index in [0.717, 1.165) is 17.5 Å². The number of carbonyl (C=O) groups is 3. The number of hydrogen-bond donors (Lipinski definition) is 1. The van der Waals surface area contributed by atoms with Gasteiger partial charge in [-0.2, -0.15) is 0 Å². The second-order valence-electron chi connectivity index (χ2n) is 9.76. The molecular weight excluding hydrogens is 400 g/mol.